The number of Topliss-reactive ketones (excluding diaryl/α,β-unsaturated/α-hetero) is 1. The highest BCUT2D eigenvalue weighted by Gasteiger charge is 2.06. The fourth-order valence-electron chi connectivity index (χ4n) is 1.27. The lowest BCUT2D eigenvalue weighted by Gasteiger charge is -2.06. The molecule has 0 aliphatic heterocycles. The summed E-state index contributed by atoms with van der Waals surface area (Å²) in [4.78, 5) is 20.9. The van der Waals surface area contributed by atoms with Crippen molar-refractivity contribution in [3.05, 3.63) is 0 Å². The molecule has 76 valence electrons. The normalized spacial score (nSPS) is 12.5. The number of carbonyl (C=O) groups is 2. The lowest BCUT2D eigenvalue weighted by Crippen LogP contribution is -2.04. The van der Waals surface area contributed by atoms with E-state index in [-0.39, 0.29) is 18.1 Å². The Labute approximate surface area is 79.1 Å². The summed E-state index contributed by atoms with van der Waals surface area (Å²) in [5, 5.41) is 8.47. The van der Waals surface area contributed by atoms with E-state index >= 15 is 0 Å². The third kappa shape index (κ3) is 9.05. The average molecular weight is 186 g/mol. The number of aliphatic carboxylic acids is 1. The highest BCUT2D eigenvalue weighted by Crippen LogP contribution is 2.12. The minimum absolute atomic E-state index is 0.214. The molecule has 1 unspecified atom stereocenters. The second kappa shape index (κ2) is 6.63. The van der Waals surface area contributed by atoms with E-state index < -0.39 is 5.97 Å². The van der Waals surface area contributed by atoms with Crippen LogP contribution in [0.25, 0.3) is 0 Å². The van der Waals surface area contributed by atoms with Gasteiger partial charge in [0.25, 0.3) is 0 Å². The lowest BCUT2D eigenvalue weighted by atomic mass is 9.99. The van der Waals surface area contributed by atoms with E-state index in [0.717, 1.165) is 19.3 Å². The van der Waals surface area contributed by atoms with Gasteiger partial charge in [0, 0.05) is 12.8 Å². The number of rotatable bonds is 7. The molecular formula is C10H18O3. The van der Waals surface area contributed by atoms with E-state index in [9.17, 15) is 9.59 Å². The summed E-state index contributed by atoms with van der Waals surface area (Å²) in [6.07, 6.45) is 3.60. The van der Waals surface area contributed by atoms with Crippen LogP contribution in [0, 0.1) is 5.92 Å². The molecule has 0 aromatic rings. The van der Waals surface area contributed by atoms with Gasteiger partial charge in [0.05, 0.1) is 0 Å². The highest BCUT2D eigenvalue weighted by atomic mass is 16.4. The standard InChI is InChI=1S/C10H18O3/c1-8(7-10(12)13)5-3-4-6-9(2)11/h8H,3-7H2,1-2H3,(H,12,13). The first-order chi connectivity index (χ1) is 6.02. The molecule has 3 nitrogen and oxygen atoms in total. The van der Waals surface area contributed by atoms with E-state index in [0.29, 0.717) is 6.42 Å². The Morgan fingerprint density at radius 3 is 2.38 bits per heavy atom. The van der Waals surface area contributed by atoms with Crippen LogP contribution in [0.3, 0.4) is 0 Å². The molecule has 3 heteroatoms. The SMILES string of the molecule is CC(=O)CCCCC(C)CC(=O)O. The Bertz CT molecular complexity index is 175. The fraction of sp³-hybridized carbons (Fsp3) is 0.800. The lowest BCUT2D eigenvalue weighted by molar-refractivity contribution is -0.138. The molecular weight excluding hydrogens is 168 g/mol. The maximum atomic E-state index is 10.6. The van der Waals surface area contributed by atoms with E-state index in [4.69, 9.17) is 5.11 Å². The molecule has 0 bridgehead atoms. The van der Waals surface area contributed by atoms with E-state index in [1.54, 1.807) is 6.92 Å². The van der Waals surface area contributed by atoms with E-state index in [2.05, 4.69) is 0 Å². The molecule has 0 radical (unpaired) electrons. The van der Waals surface area contributed by atoms with Gasteiger partial charge in [-0.3, -0.25) is 4.79 Å². The van der Waals surface area contributed by atoms with Crippen LogP contribution >= 0.6 is 0 Å². The molecule has 0 fully saturated rings. The Morgan fingerprint density at radius 2 is 1.92 bits per heavy atom. The number of carbonyl (C=O) groups excluding carboxylic acids is 1. The van der Waals surface area contributed by atoms with Crippen LogP contribution in [-0.2, 0) is 9.59 Å². The fourth-order valence-corrected chi connectivity index (χ4v) is 1.27. The molecule has 0 saturated carbocycles. The van der Waals surface area contributed by atoms with Crippen LogP contribution in [0.15, 0.2) is 0 Å². The van der Waals surface area contributed by atoms with Gasteiger partial charge in [-0.05, 0) is 19.3 Å². The molecule has 13 heavy (non-hydrogen) atoms. The summed E-state index contributed by atoms with van der Waals surface area (Å²) < 4.78 is 0. The summed E-state index contributed by atoms with van der Waals surface area (Å²) in [5.41, 5.74) is 0. The van der Waals surface area contributed by atoms with Crippen LogP contribution in [0.2, 0.25) is 0 Å². The van der Waals surface area contributed by atoms with Gasteiger partial charge >= 0.3 is 5.97 Å². The molecule has 0 aliphatic carbocycles. The maximum Gasteiger partial charge on any atom is 0.303 e. The van der Waals surface area contributed by atoms with Crippen LogP contribution in [0.5, 0.6) is 0 Å². The van der Waals surface area contributed by atoms with Gasteiger partial charge in [0.2, 0.25) is 0 Å². The maximum absolute atomic E-state index is 10.6. The monoisotopic (exact) mass is 186 g/mol. The third-order valence-electron chi connectivity index (χ3n) is 2.00. The first kappa shape index (κ1) is 12.1. The summed E-state index contributed by atoms with van der Waals surface area (Å²) in [5.74, 6) is -0.297. The molecule has 1 atom stereocenters. The Balaban J connectivity index is 3.31. The van der Waals surface area contributed by atoms with Crippen LogP contribution in [-0.4, -0.2) is 16.9 Å². The second-order valence-electron chi connectivity index (χ2n) is 3.65. The van der Waals surface area contributed by atoms with Crippen molar-refractivity contribution in [2.75, 3.05) is 0 Å². The molecule has 0 heterocycles. The van der Waals surface area contributed by atoms with Crippen molar-refractivity contribution in [1.82, 2.24) is 0 Å². The Kier molecular flexibility index (Phi) is 6.20. The van der Waals surface area contributed by atoms with Gasteiger partial charge in [-0.2, -0.15) is 0 Å². The number of ketones is 1. The predicted molar refractivity (Wildman–Crippen MR) is 50.6 cm³/mol. The highest BCUT2D eigenvalue weighted by molar-refractivity contribution is 5.75. The third-order valence-corrected chi connectivity index (χ3v) is 2.00. The molecule has 0 aromatic heterocycles. The van der Waals surface area contributed by atoms with Crippen LogP contribution < -0.4 is 0 Å². The van der Waals surface area contributed by atoms with Gasteiger partial charge in [-0.1, -0.05) is 19.8 Å². The zero-order valence-electron chi connectivity index (χ0n) is 8.38. The molecule has 0 aromatic carbocycles. The summed E-state index contributed by atoms with van der Waals surface area (Å²) in [6.45, 7) is 3.52. The average Bonchev–Trinajstić information content (AvgIpc) is 1.96. The Hall–Kier alpha value is -0.860. The van der Waals surface area contributed by atoms with Gasteiger partial charge in [-0.15, -0.1) is 0 Å². The number of carboxylic acids is 1. The minimum atomic E-state index is -0.737. The predicted octanol–water partition coefficient (Wildman–Crippen LogP) is 2.25. The van der Waals surface area contributed by atoms with Gasteiger partial charge < -0.3 is 9.90 Å². The number of unbranched alkanes of at least 4 members (excludes halogenated alkanes) is 1. The zero-order chi connectivity index (χ0) is 10.3. The van der Waals surface area contributed by atoms with Crippen molar-refractivity contribution in [1.29, 1.82) is 0 Å². The van der Waals surface area contributed by atoms with Crippen LogP contribution in [0.4, 0.5) is 0 Å². The largest absolute Gasteiger partial charge is 0.481 e. The van der Waals surface area contributed by atoms with Crippen molar-refractivity contribution >= 4 is 11.8 Å². The van der Waals surface area contributed by atoms with Gasteiger partial charge in [0.1, 0.15) is 5.78 Å². The van der Waals surface area contributed by atoms with E-state index in [1.165, 1.54) is 0 Å². The first-order valence-electron chi connectivity index (χ1n) is 4.73. The summed E-state index contributed by atoms with van der Waals surface area (Å²) >= 11 is 0. The number of carboxylic acid groups (broad SMARTS) is 1. The minimum Gasteiger partial charge on any atom is -0.481 e. The zero-order valence-corrected chi connectivity index (χ0v) is 8.38. The van der Waals surface area contributed by atoms with Crippen LogP contribution in [0.1, 0.15) is 46.0 Å². The molecule has 0 spiro atoms. The second-order valence-corrected chi connectivity index (χ2v) is 3.65. The van der Waals surface area contributed by atoms with Crippen molar-refractivity contribution in [3.63, 3.8) is 0 Å². The molecule has 0 rings (SSSR count). The molecule has 0 aliphatic rings. The molecule has 0 amide bonds. The summed E-state index contributed by atoms with van der Waals surface area (Å²) in [7, 11) is 0. The van der Waals surface area contributed by atoms with Gasteiger partial charge in [-0.25, -0.2) is 0 Å². The first-order valence-corrected chi connectivity index (χ1v) is 4.73. The van der Waals surface area contributed by atoms with Crippen molar-refractivity contribution < 1.29 is 14.7 Å². The van der Waals surface area contributed by atoms with Crippen molar-refractivity contribution in [2.24, 2.45) is 5.92 Å². The van der Waals surface area contributed by atoms with E-state index in [1.807, 2.05) is 6.92 Å². The quantitative estimate of drug-likeness (QED) is 0.620. The number of hydrogen-bond acceptors (Lipinski definition) is 2. The van der Waals surface area contributed by atoms with Crippen molar-refractivity contribution in [3.8, 4) is 0 Å². The molecule has 1 N–H and O–H groups in total. The topological polar surface area (TPSA) is 54.4 Å². The van der Waals surface area contributed by atoms with Crippen molar-refractivity contribution in [2.45, 2.75) is 46.0 Å². The number of hydrogen-bond donors (Lipinski definition) is 1. The molecule has 0 saturated heterocycles. The Morgan fingerprint density at radius 1 is 1.31 bits per heavy atom. The van der Waals surface area contributed by atoms with Gasteiger partial charge in [0.15, 0.2) is 0 Å². The smallest absolute Gasteiger partial charge is 0.303 e. The summed E-state index contributed by atoms with van der Waals surface area (Å²) in [6, 6.07) is 0.